The zero-order valence-electron chi connectivity index (χ0n) is 10.1. The second kappa shape index (κ2) is 9.71. The molecule has 1 N–H and O–H groups in total. The number of hydrogen-bond acceptors (Lipinski definition) is 4. The van der Waals surface area contributed by atoms with Gasteiger partial charge in [-0.25, -0.2) is 4.98 Å². The molecule has 3 nitrogen and oxygen atoms in total. The van der Waals surface area contributed by atoms with Crippen molar-refractivity contribution >= 4 is 23.4 Å². The van der Waals surface area contributed by atoms with Crippen LogP contribution in [0.3, 0.4) is 0 Å². The summed E-state index contributed by atoms with van der Waals surface area (Å²) < 4.78 is 5.25. The van der Waals surface area contributed by atoms with E-state index in [1.165, 1.54) is 0 Å². The molecule has 1 heterocycles. The molecule has 0 aromatic carbocycles. The van der Waals surface area contributed by atoms with E-state index >= 15 is 0 Å². The first-order valence-electron chi connectivity index (χ1n) is 5.86. The summed E-state index contributed by atoms with van der Waals surface area (Å²) in [4.78, 5) is 4.22. The molecule has 0 unspecified atom stereocenters. The smallest absolute Gasteiger partial charge is 0.115 e. The van der Waals surface area contributed by atoms with Crippen molar-refractivity contribution in [1.82, 2.24) is 10.3 Å². The molecule has 0 bridgehead atoms. The maximum absolute atomic E-state index is 6.00. The van der Waals surface area contributed by atoms with Gasteiger partial charge in [-0.3, -0.25) is 0 Å². The molecule has 0 amide bonds. The number of halogens is 1. The molecule has 0 saturated heterocycles. The first kappa shape index (κ1) is 14.8. The topological polar surface area (TPSA) is 34.1 Å². The molecule has 5 heteroatoms. The van der Waals surface area contributed by atoms with Crippen molar-refractivity contribution < 1.29 is 4.74 Å². The summed E-state index contributed by atoms with van der Waals surface area (Å²) in [5, 5.41) is 5.00. The third-order valence-electron chi connectivity index (χ3n) is 2.09. The maximum atomic E-state index is 6.00. The van der Waals surface area contributed by atoms with Gasteiger partial charge in [-0.05, 0) is 32.0 Å². The predicted octanol–water partition coefficient (Wildman–Crippen LogP) is 2.84. The van der Waals surface area contributed by atoms with Crippen LogP contribution in [0.5, 0.6) is 0 Å². The van der Waals surface area contributed by atoms with Gasteiger partial charge < -0.3 is 10.1 Å². The maximum Gasteiger partial charge on any atom is 0.115 e. The molecule has 96 valence electrons. The monoisotopic (exact) mass is 274 g/mol. The largest absolute Gasteiger partial charge is 0.382 e. The van der Waals surface area contributed by atoms with Crippen molar-refractivity contribution in [2.45, 2.75) is 18.4 Å². The lowest BCUT2D eigenvalue weighted by atomic mass is 10.4. The quantitative estimate of drug-likeness (QED) is 0.555. The molecule has 0 aliphatic rings. The third-order valence-corrected chi connectivity index (χ3v) is 3.51. The molecule has 0 radical (unpaired) electrons. The molecule has 1 rings (SSSR count). The molecule has 0 aliphatic heterocycles. The Morgan fingerprint density at radius 3 is 3.12 bits per heavy atom. The number of aromatic nitrogens is 1. The Hall–Kier alpha value is -0.290. The number of thioether (sulfide) groups is 1. The molecule has 0 spiro atoms. The SMILES string of the molecule is CCOCCCNCCSc1ncccc1Cl. The number of nitrogens with zero attached hydrogens (tertiary/aromatic N) is 1. The first-order valence-corrected chi connectivity index (χ1v) is 7.22. The summed E-state index contributed by atoms with van der Waals surface area (Å²) in [6.07, 6.45) is 2.83. The number of nitrogens with one attached hydrogen (secondary N) is 1. The highest BCUT2D eigenvalue weighted by Crippen LogP contribution is 2.23. The van der Waals surface area contributed by atoms with Crippen LogP contribution in [0, 0.1) is 0 Å². The third kappa shape index (κ3) is 6.88. The van der Waals surface area contributed by atoms with E-state index in [9.17, 15) is 0 Å². The minimum atomic E-state index is 0.730. The van der Waals surface area contributed by atoms with Crippen LogP contribution >= 0.6 is 23.4 Å². The van der Waals surface area contributed by atoms with E-state index in [0.717, 1.165) is 48.5 Å². The van der Waals surface area contributed by atoms with E-state index in [0.29, 0.717) is 0 Å². The van der Waals surface area contributed by atoms with Crippen molar-refractivity contribution in [3.8, 4) is 0 Å². The van der Waals surface area contributed by atoms with Crippen LogP contribution in [0.2, 0.25) is 5.02 Å². The fraction of sp³-hybridized carbons (Fsp3) is 0.583. The summed E-state index contributed by atoms with van der Waals surface area (Å²) in [7, 11) is 0. The predicted molar refractivity (Wildman–Crippen MR) is 74.0 cm³/mol. The molecule has 0 fully saturated rings. The van der Waals surface area contributed by atoms with E-state index < -0.39 is 0 Å². The number of rotatable bonds is 9. The summed E-state index contributed by atoms with van der Waals surface area (Å²) in [5.74, 6) is 0.978. The molecule has 17 heavy (non-hydrogen) atoms. The van der Waals surface area contributed by atoms with Crippen molar-refractivity contribution in [3.63, 3.8) is 0 Å². The number of pyridine rings is 1. The molecule has 0 atom stereocenters. The molecular formula is C12H19ClN2OS. The Bertz CT molecular complexity index is 312. The average Bonchev–Trinajstić information content (AvgIpc) is 2.35. The fourth-order valence-electron chi connectivity index (χ4n) is 1.27. The van der Waals surface area contributed by atoms with Crippen molar-refractivity contribution in [1.29, 1.82) is 0 Å². The van der Waals surface area contributed by atoms with E-state index in [1.807, 2.05) is 19.1 Å². The molecular weight excluding hydrogens is 256 g/mol. The van der Waals surface area contributed by atoms with Gasteiger partial charge in [0.15, 0.2) is 0 Å². The van der Waals surface area contributed by atoms with Gasteiger partial charge in [-0.2, -0.15) is 0 Å². The minimum Gasteiger partial charge on any atom is -0.382 e. The number of hydrogen-bond donors (Lipinski definition) is 1. The van der Waals surface area contributed by atoms with E-state index in [2.05, 4.69) is 10.3 Å². The Morgan fingerprint density at radius 2 is 2.35 bits per heavy atom. The summed E-state index contributed by atoms with van der Waals surface area (Å²) >= 11 is 7.68. The first-order chi connectivity index (χ1) is 8.34. The Morgan fingerprint density at radius 1 is 1.47 bits per heavy atom. The standard InChI is InChI=1S/C12H19ClN2OS/c1-2-16-9-4-6-14-8-10-17-12-11(13)5-3-7-15-12/h3,5,7,14H,2,4,6,8-10H2,1H3. The zero-order chi connectivity index (χ0) is 12.3. The molecule has 0 aliphatic carbocycles. The van der Waals surface area contributed by atoms with Gasteiger partial charge in [-0.1, -0.05) is 11.6 Å². The van der Waals surface area contributed by atoms with Gasteiger partial charge in [0.1, 0.15) is 5.03 Å². The van der Waals surface area contributed by atoms with Crippen molar-refractivity contribution in [2.24, 2.45) is 0 Å². The lowest BCUT2D eigenvalue weighted by molar-refractivity contribution is 0.145. The Labute approximate surface area is 112 Å². The van der Waals surface area contributed by atoms with E-state index in [1.54, 1.807) is 18.0 Å². The Balaban J connectivity index is 1.99. The van der Waals surface area contributed by atoms with Gasteiger partial charge in [0.2, 0.25) is 0 Å². The van der Waals surface area contributed by atoms with Crippen LogP contribution in [0.1, 0.15) is 13.3 Å². The van der Waals surface area contributed by atoms with Crippen LogP contribution < -0.4 is 5.32 Å². The normalized spacial score (nSPS) is 10.7. The fourth-order valence-corrected chi connectivity index (χ4v) is 2.33. The summed E-state index contributed by atoms with van der Waals surface area (Å²) in [6.45, 7) is 5.61. The highest BCUT2D eigenvalue weighted by molar-refractivity contribution is 7.99. The van der Waals surface area contributed by atoms with Gasteiger partial charge in [0, 0.05) is 31.7 Å². The summed E-state index contributed by atoms with van der Waals surface area (Å²) in [6, 6.07) is 3.71. The van der Waals surface area contributed by atoms with Crippen molar-refractivity contribution in [3.05, 3.63) is 23.4 Å². The Kier molecular flexibility index (Phi) is 8.44. The van der Waals surface area contributed by atoms with Crippen molar-refractivity contribution in [2.75, 3.05) is 32.1 Å². The van der Waals surface area contributed by atoms with E-state index in [4.69, 9.17) is 16.3 Å². The van der Waals surface area contributed by atoms with Gasteiger partial charge in [-0.15, -0.1) is 11.8 Å². The molecule has 1 aromatic heterocycles. The summed E-state index contributed by atoms with van der Waals surface area (Å²) in [5.41, 5.74) is 0. The number of ether oxygens (including phenoxy) is 1. The highest BCUT2D eigenvalue weighted by atomic mass is 35.5. The second-order valence-electron chi connectivity index (χ2n) is 3.44. The minimum absolute atomic E-state index is 0.730. The zero-order valence-corrected chi connectivity index (χ0v) is 11.7. The van der Waals surface area contributed by atoms with Crippen LogP contribution in [0.25, 0.3) is 0 Å². The van der Waals surface area contributed by atoms with Gasteiger partial charge in [0.25, 0.3) is 0 Å². The second-order valence-corrected chi connectivity index (χ2v) is 4.93. The molecule has 1 aromatic rings. The lowest BCUT2D eigenvalue weighted by Gasteiger charge is -2.05. The van der Waals surface area contributed by atoms with Crippen LogP contribution in [0.4, 0.5) is 0 Å². The van der Waals surface area contributed by atoms with Gasteiger partial charge in [0.05, 0.1) is 5.02 Å². The molecule has 0 saturated carbocycles. The highest BCUT2D eigenvalue weighted by Gasteiger charge is 2.00. The van der Waals surface area contributed by atoms with Crippen LogP contribution in [-0.2, 0) is 4.74 Å². The van der Waals surface area contributed by atoms with Gasteiger partial charge >= 0.3 is 0 Å². The lowest BCUT2D eigenvalue weighted by Crippen LogP contribution is -2.19. The van der Waals surface area contributed by atoms with Crippen LogP contribution in [-0.4, -0.2) is 37.0 Å². The van der Waals surface area contributed by atoms with E-state index in [-0.39, 0.29) is 0 Å². The van der Waals surface area contributed by atoms with Crippen LogP contribution in [0.15, 0.2) is 23.4 Å². The average molecular weight is 275 g/mol.